The molecule has 35 heavy (non-hydrogen) atoms. The molecule has 4 rings (SSSR count). The summed E-state index contributed by atoms with van der Waals surface area (Å²) < 4.78 is 27.6. The van der Waals surface area contributed by atoms with E-state index in [1.807, 2.05) is 42.5 Å². The number of hydrogen-bond donors (Lipinski definition) is 0. The molecule has 0 N–H and O–H groups in total. The highest BCUT2D eigenvalue weighted by molar-refractivity contribution is 7.55. The second kappa shape index (κ2) is 11.3. The van der Waals surface area contributed by atoms with E-state index < -0.39 is 12.8 Å². The van der Waals surface area contributed by atoms with E-state index in [-0.39, 0.29) is 13.2 Å². The summed E-state index contributed by atoms with van der Waals surface area (Å²) in [6.07, 6.45) is 1.19. The maximum Gasteiger partial charge on any atom is 0.341 e. The van der Waals surface area contributed by atoms with Gasteiger partial charge in [-0.1, -0.05) is 104 Å². The summed E-state index contributed by atoms with van der Waals surface area (Å²) >= 11 is 12.1. The second-order valence-electron chi connectivity index (χ2n) is 8.56. The normalized spacial score (nSPS) is 12.2. The summed E-state index contributed by atoms with van der Waals surface area (Å²) in [4.78, 5) is 0. The Morgan fingerprint density at radius 2 is 1.17 bits per heavy atom. The predicted octanol–water partition coefficient (Wildman–Crippen LogP) is 9.79. The Morgan fingerprint density at radius 1 is 0.686 bits per heavy atom. The van der Waals surface area contributed by atoms with Gasteiger partial charge in [0.05, 0.1) is 18.4 Å². The smallest absolute Gasteiger partial charge is 0.303 e. The van der Waals surface area contributed by atoms with E-state index in [4.69, 9.17) is 32.2 Å². The van der Waals surface area contributed by atoms with Gasteiger partial charge in [-0.25, -0.2) is 0 Å². The second-order valence-corrected chi connectivity index (χ2v) is 11.8. The molecule has 0 aliphatic carbocycles. The maximum absolute atomic E-state index is 14.9. The Hall–Kier alpha value is -2.13. The Balaban J connectivity index is 1.78. The lowest BCUT2D eigenvalue weighted by atomic mass is 9.88. The van der Waals surface area contributed by atoms with Gasteiger partial charge in [-0.2, -0.15) is 0 Å². The van der Waals surface area contributed by atoms with Crippen LogP contribution in [0.4, 0.5) is 0 Å². The van der Waals surface area contributed by atoms with Crippen LogP contribution in [0, 0.1) is 0 Å². The van der Waals surface area contributed by atoms with Crippen LogP contribution in [0.25, 0.3) is 10.8 Å². The van der Waals surface area contributed by atoms with Crippen molar-refractivity contribution >= 4 is 41.6 Å². The minimum absolute atomic E-state index is 0.154. The summed E-state index contributed by atoms with van der Waals surface area (Å²) in [7, 11) is -3.71. The molecule has 6 heteroatoms. The van der Waals surface area contributed by atoms with E-state index in [1.54, 1.807) is 24.3 Å². The van der Waals surface area contributed by atoms with Gasteiger partial charge in [-0.3, -0.25) is 4.57 Å². The third-order valence-electron chi connectivity index (χ3n) is 6.61. The van der Waals surface area contributed by atoms with E-state index in [0.29, 0.717) is 22.9 Å². The lowest BCUT2D eigenvalue weighted by molar-refractivity contribution is 0.166. The minimum atomic E-state index is -3.71. The van der Waals surface area contributed by atoms with Gasteiger partial charge in [0.25, 0.3) is 0 Å². The first-order valence-corrected chi connectivity index (χ1v) is 14.1. The standard InChI is InChI=1S/C29H29Cl2O3P/c1-3-29(4-2,28-11-7-9-24-8-5-6-10-27(24)28)35(32,33-20-22-12-16-25(30)17-13-22)34-21-23-14-18-26(31)19-15-23/h5-19H,3-4,20-21H2,1-2H3. The van der Waals surface area contributed by atoms with Crippen molar-refractivity contribution in [2.24, 2.45) is 0 Å². The largest absolute Gasteiger partial charge is 0.341 e. The van der Waals surface area contributed by atoms with E-state index in [2.05, 4.69) is 38.1 Å². The molecule has 0 radical (unpaired) electrons. The molecule has 0 amide bonds. The van der Waals surface area contributed by atoms with Crippen molar-refractivity contribution in [2.75, 3.05) is 0 Å². The zero-order valence-electron chi connectivity index (χ0n) is 19.9. The fourth-order valence-corrected chi connectivity index (χ4v) is 7.29. The van der Waals surface area contributed by atoms with Crippen molar-refractivity contribution in [2.45, 2.75) is 45.1 Å². The predicted molar refractivity (Wildman–Crippen MR) is 146 cm³/mol. The van der Waals surface area contributed by atoms with Crippen molar-refractivity contribution in [3.63, 3.8) is 0 Å². The molecule has 0 aliphatic rings. The van der Waals surface area contributed by atoms with Crippen LogP contribution in [0.5, 0.6) is 0 Å². The monoisotopic (exact) mass is 526 g/mol. The Kier molecular flexibility index (Phi) is 8.37. The van der Waals surface area contributed by atoms with Gasteiger partial charge >= 0.3 is 7.60 Å². The van der Waals surface area contributed by atoms with Crippen molar-refractivity contribution in [3.05, 3.63) is 118 Å². The third-order valence-corrected chi connectivity index (χ3v) is 9.98. The Bertz CT molecular complexity index is 1260. The van der Waals surface area contributed by atoms with E-state index >= 15 is 0 Å². The van der Waals surface area contributed by atoms with Crippen LogP contribution in [0.1, 0.15) is 43.4 Å². The number of halogens is 2. The fourth-order valence-electron chi connectivity index (χ4n) is 4.56. The van der Waals surface area contributed by atoms with Crippen molar-refractivity contribution < 1.29 is 13.6 Å². The third kappa shape index (κ3) is 5.50. The van der Waals surface area contributed by atoms with Gasteiger partial charge < -0.3 is 9.05 Å². The van der Waals surface area contributed by atoms with Gasteiger partial charge in [0.15, 0.2) is 0 Å². The number of hydrogen-bond acceptors (Lipinski definition) is 3. The summed E-state index contributed by atoms with van der Waals surface area (Å²) in [5, 5.41) is 2.61. The molecule has 3 nitrogen and oxygen atoms in total. The summed E-state index contributed by atoms with van der Waals surface area (Å²) in [6.45, 7) is 4.41. The molecule has 0 fully saturated rings. The van der Waals surface area contributed by atoms with E-state index in [0.717, 1.165) is 27.5 Å². The lowest BCUT2D eigenvalue weighted by Crippen LogP contribution is -2.27. The topological polar surface area (TPSA) is 35.5 Å². The average molecular weight is 527 g/mol. The van der Waals surface area contributed by atoms with E-state index in [1.165, 1.54) is 0 Å². The van der Waals surface area contributed by atoms with Crippen LogP contribution in [-0.2, 0) is 32.0 Å². The van der Waals surface area contributed by atoms with Crippen molar-refractivity contribution in [3.8, 4) is 0 Å². The van der Waals surface area contributed by atoms with Crippen molar-refractivity contribution in [1.29, 1.82) is 0 Å². The molecule has 0 saturated heterocycles. The van der Waals surface area contributed by atoms with E-state index in [9.17, 15) is 4.57 Å². The Labute approximate surface area is 217 Å². The highest BCUT2D eigenvalue weighted by Gasteiger charge is 2.50. The summed E-state index contributed by atoms with van der Waals surface area (Å²) in [5.41, 5.74) is 2.74. The molecule has 0 aromatic heterocycles. The molecule has 0 bridgehead atoms. The quantitative estimate of drug-likeness (QED) is 0.193. The average Bonchev–Trinajstić information content (AvgIpc) is 2.89. The van der Waals surface area contributed by atoms with Crippen LogP contribution in [0.15, 0.2) is 91.0 Å². The maximum atomic E-state index is 14.9. The molecule has 0 atom stereocenters. The van der Waals surface area contributed by atoms with Crippen LogP contribution in [0.3, 0.4) is 0 Å². The van der Waals surface area contributed by atoms with Crippen LogP contribution < -0.4 is 0 Å². The Morgan fingerprint density at radius 3 is 1.69 bits per heavy atom. The van der Waals surface area contributed by atoms with Crippen molar-refractivity contribution in [1.82, 2.24) is 0 Å². The minimum Gasteiger partial charge on any atom is -0.303 e. The lowest BCUT2D eigenvalue weighted by Gasteiger charge is -2.39. The van der Waals surface area contributed by atoms with Gasteiger partial charge in [0.1, 0.15) is 0 Å². The van der Waals surface area contributed by atoms with Gasteiger partial charge in [-0.05, 0) is 64.6 Å². The summed E-state index contributed by atoms with van der Waals surface area (Å²) in [6, 6.07) is 29.0. The van der Waals surface area contributed by atoms with Crippen LogP contribution >= 0.6 is 30.8 Å². The van der Waals surface area contributed by atoms with Gasteiger partial charge in [0, 0.05) is 10.0 Å². The first-order valence-electron chi connectivity index (χ1n) is 11.8. The molecular weight excluding hydrogens is 498 g/mol. The molecule has 0 aliphatic heterocycles. The van der Waals surface area contributed by atoms with Gasteiger partial charge in [0.2, 0.25) is 0 Å². The molecule has 4 aromatic carbocycles. The molecule has 0 spiro atoms. The fraction of sp³-hybridized carbons (Fsp3) is 0.241. The molecule has 0 saturated carbocycles. The molecule has 4 aromatic rings. The summed E-state index contributed by atoms with van der Waals surface area (Å²) in [5.74, 6) is 0. The molecule has 182 valence electrons. The zero-order valence-corrected chi connectivity index (χ0v) is 22.3. The first kappa shape index (κ1) is 25.9. The number of fused-ring (bicyclic) bond motifs is 1. The molecule has 0 heterocycles. The molecule has 0 unspecified atom stereocenters. The first-order chi connectivity index (χ1) is 16.9. The number of benzene rings is 4. The molecular formula is C29H29Cl2O3P. The highest BCUT2D eigenvalue weighted by atomic mass is 35.5. The van der Waals surface area contributed by atoms with Gasteiger partial charge in [-0.15, -0.1) is 0 Å². The van der Waals surface area contributed by atoms with Crippen LogP contribution in [0.2, 0.25) is 10.0 Å². The zero-order chi connectivity index (χ0) is 24.9. The highest BCUT2D eigenvalue weighted by Crippen LogP contribution is 2.69. The SMILES string of the molecule is CCC(CC)(c1cccc2ccccc12)P(=O)(OCc1ccc(Cl)cc1)OCc1ccc(Cl)cc1. The number of rotatable bonds is 10. The van der Waals surface area contributed by atoms with Crippen LogP contribution in [-0.4, -0.2) is 0 Å².